The first-order valence-electron chi connectivity index (χ1n) is 5.68. The summed E-state index contributed by atoms with van der Waals surface area (Å²) in [5, 5.41) is 8.82. The number of aliphatic hydroxyl groups is 1. The van der Waals surface area contributed by atoms with Gasteiger partial charge in [0.1, 0.15) is 5.82 Å². The van der Waals surface area contributed by atoms with Crippen LogP contribution in [0.2, 0.25) is 0 Å². The molecule has 0 aliphatic heterocycles. The Morgan fingerprint density at radius 2 is 2.20 bits per heavy atom. The van der Waals surface area contributed by atoms with Crippen LogP contribution in [0.5, 0.6) is 0 Å². The molecule has 0 saturated carbocycles. The third kappa shape index (κ3) is 4.95. The zero-order chi connectivity index (χ0) is 10.9. The van der Waals surface area contributed by atoms with Crippen molar-refractivity contribution in [2.24, 2.45) is 0 Å². The number of nitrogens with zero attached hydrogens (tertiary/aromatic N) is 2. The largest absolute Gasteiger partial charge is 0.396 e. The molecule has 1 aromatic heterocycles. The number of hydrogen-bond acceptors (Lipinski definition) is 3. The second-order valence-corrected chi connectivity index (χ2v) is 3.74. The highest BCUT2D eigenvalue weighted by Gasteiger charge is 2.06. The van der Waals surface area contributed by atoms with Crippen molar-refractivity contribution in [1.29, 1.82) is 0 Å². The smallest absolute Gasteiger partial charge is 0.120 e. The molecule has 0 fully saturated rings. The molecule has 1 heterocycles. The Morgan fingerprint density at radius 3 is 2.80 bits per heavy atom. The standard InChI is InChI=1S/C11H21N3O/c1-2-3-7-14(8-4-9-15)10-11-12-5-6-13-11/h5-6,15H,2-4,7-10H2,1H3,(H,12,13). The Labute approximate surface area is 91.3 Å². The summed E-state index contributed by atoms with van der Waals surface area (Å²) in [7, 11) is 0. The summed E-state index contributed by atoms with van der Waals surface area (Å²) in [6.45, 7) is 5.33. The van der Waals surface area contributed by atoms with Gasteiger partial charge in [-0.05, 0) is 19.4 Å². The first kappa shape index (κ1) is 12.2. The lowest BCUT2D eigenvalue weighted by Crippen LogP contribution is -2.26. The lowest BCUT2D eigenvalue weighted by molar-refractivity contribution is 0.213. The Hall–Kier alpha value is -0.870. The van der Waals surface area contributed by atoms with Crippen molar-refractivity contribution in [2.45, 2.75) is 32.7 Å². The normalized spacial score (nSPS) is 11.1. The van der Waals surface area contributed by atoms with Gasteiger partial charge >= 0.3 is 0 Å². The van der Waals surface area contributed by atoms with Crippen molar-refractivity contribution in [1.82, 2.24) is 14.9 Å². The van der Waals surface area contributed by atoms with Crippen LogP contribution in [0.4, 0.5) is 0 Å². The van der Waals surface area contributed by atoms with E-state index in [1.54, 1.807) is 6.20 Å². The predicted octanol–water partition coefficient (Wildman–Crippen LogP) is 1.39. The Bertz CT molecular complexity index is 228. The van der Waals surface area contributed by atoms with Crippen molar-refractivity contribution < 1.29 is 5.11 Å². The average molecular weight is 211 g/mol. The van der Waals surface area contributed by atoms with E-state index in [2.05, 4.69) is 21.8 Å². The van der Waals surface area contributed by atoms with Crippen LogP contribution in [0.15, 0.2) is 12.4 Å². The molecule has 0 atom stereocenters. The van der Waals surface area contributed by atoms with E-state index in [1.807, 2.05) is 6.20 Å². The minimum Gasteiger partial charge on any atom is -0.396 e. The van der Waals surface area contributed by atoms with E-state index in [-0.39, 0.29) is 6.61 Å². The first-order valence-corrected chi connectivity index (χ1v) is 5.68. The second kappa shape index (κ2) is 7.43. The number of hydrogen-bond donors (Lipinski definition) is 2. The van der Waals surface area contributed by atoms with E-state index < -0.39 is 0 Å². The van der Waals surface area contributed by atoms with Crippen molar-refractivity contribution in [3.05, 3.63) is 18.2 Å². The quantitative estimate of drug-likeness (QED) is 0.683. The van der Waals surface area contributed by atoms with E-state index in [4.69, 9.17) is 5.11 Å². The highest BCUT2D eigenvalue weighted by molar-refractivity contribution is 4.86. The maximum absolute atomic E-state index is 8.82. The number of unbranched alkanes of at least 4 members (excludes halogenated alkanes) is 1. The zero-order valence-electron chi connectivity index (χ0n) is 9.45. The number of nitrogens with one attached hydrogen (secondary N) is 1. The molecule has 0 radical (unpaired) electrons. The van der Waals surface area contributed by atoms with Gasteiger partial charge in [-0.15, -0.1) is 0 Å². The fraction of sp³-hybridized carbons (Fsp3) is 0.727. The Balaban J connectivity index is 2.33. The molecule has 0 amide bonds. The van der Waals surface area contributed by atoms with E-state index in [9.17, 15) is 0 Å². The monoisotopic (exact) mass is 211 g/mol. The molecule has 4 nitrogen and oxygen atoms in total. The number of rotatable bonds is 8. The van der Waals surface area contributed by atoms with Crippen LogP contribution in [-0.2, 0) is 6.54 Å². The molecule has 86 valence electrons. The molecule has 0 aliphatic rings. The minimum absolute atomic E-state index is 0.265. The summed E-state index contributed by atoms with van der Waals surface area (Å²) in [5.74, 6) is 1.00. The molecular weight excluding hydrogens is 190 g/mol. The van der Waals surface area contributed by atoms with Gasteiger partial charge in [0.25, 0.3) is 0 Å². The van der Waals surface area contributed by atoms with Gasteiger partial charge in [0.05, 0.1) is 6.54 Å². The van der Waals surface area contributed by atoms with Crippen molar-refractivity contribution >= 4 is 0 Å². The molecule has 0 bridgehead atoms. The van der Waals surface area contributed by atoms with Gasteiger partial charge in [-0.25, -0.2) is 4.98 Å². The molecule has 0 aliphatic carbocycles. The fourth-order valence-corrected chi connectivity index (χ4v) is 1.54. The number of H-pyrrole nitrogens is 1. The first-order chi connectivity index (χ1) is 7.36. The highest BCUT2D eigenvalue weighted by atomic mass is 16.3. The van der Waals surface area contributed by atoms with Gasteiger partial charge < -0.3 is 10.1 Å². The third-order valence-corrected chi connectivity index (χ3v) is 2.39. The van der Waals surface area contributed by atoms with Crippen LogP contribution < -0.4 is 0 Å². The maximum atomic E-state index is 8.82. The molecular formula is C11H21N3O. The van der Waals surface area contributed by atoms with Gasteiger partial charge in [-0.1, -0.05) is 13.3 Å². The predicted molar refractivity (Wildman–Crippen MR) is 60.5 cm³/mol. The zero-order valence-corrected chi connectivity index (χ0v) is 9.45. The fourth-order valence-electron chi connectivity index (χ4n) is 1.54. The molecule has 1 aromatic rings. The third-order valence-electron chi connectivity index (χ3n) is 2.39. The molecule has 0 saturated heterocycles. The van der Waals surface area contributed by atoms with Crippen LogP contribution in [0.3, 0.4) is 0 Å². The van der Waals surface area contributed by atoms with E-state index in [0.717, 1.165) is 31.9 Å². The molecule has 1 rings (SSSR count). The average Bonchev–Trinajstić information content (AvgIpc) is 2.74. The lowest BCUT2D eigenvalue weighted by atomic mass is 10.3. The van der Waals surface area contributed by atoms with Crippen molar-refractivity contribution in [3.8, 4) is 0 Å². The summed E-state index contributed by atoms with van der Waals surface area (Å²) in [4.78, 5) is 9.65. The second-order valence-electron chi connectivity index (χ2n) is 3.74. The van der Waals surface area contributed by atoms with Crippen LogP contribution in [-0.4, -0.2) is 39.7 Å². The summed E-state index contributed by atoms with van der Waals surface area (Å²) in [5.41, 5.74) is 0. The molecule has 2 N–H and O–H groups in total. The maximum Gasteiger partial charge on any atom is 0.120 e. The Kier molecular flexibility index (Phi) is 6.04. The number of imidazole rings is 1. The van der Waals surface area contributed by atoms with Gasteiger partial charge in [0.15, 0.2) is 0 Å². The number of aromatic amines is 1. The van der Waals surface area contributed by atoms with E-state index >= 15 is 0 Å². The summed E-state index contributed by atoms with van der Waals surface area (Å²) in [6.07, 6.45) is 6.86. The molecule has 0 unspecified atom stereocenters. The van der Waals surface area contributed by atoms with Gasteiger partial charge in [0, 0.05) is 25.5 Å². The van der Waals surface area contributed by atoms with Gasteiger partial charge in [-0.3, -0.25) is 4.90 Å². The lowest BCUT2D eigenvalue weighted by Gasteiger charge is -2.20. The summed E-state index contributed by atoms with van der Waals surface area (Å²) < 4.78 is 0. The Morgan fingerprint density at radius 1 is 1.40 bits per heavy atom. The van der Waals surface area contributed by atoms with Crippen molar-refractivity contribution in [3.63, 3.8) is 0 Å². The number of aliphatic hydroxyl groups excluding tert-OH is 1. The number of aromatic nitrogens is 2. The van der Waals surface area contributed by atoms with Crippen molar-refractivity contribution in [2.75, 3.05) is 19.7 Å². The summed E-state index contributed by atoms with van der Waals surface area (Å²) >= 11 is 0. The van der Waals surface area contributed by atoms with Crippen LogP contribution >= 0.6 is 0 Å². The van der Waals surface area contributed by atoms with Gasteiger partial charge in [0.2, 0.25) is 0 Å². The highest BCUT2D eigenvalue weighted by Crippen LogP contribution is 2.02. The SMILES string of the molecule is CCCCN(CCCO)Cc1ncc[nH]1. The van der Waals surface area contributed by atoms with Crippen LogP contribution in [0.1, 0.15) is 32.0 Å². The van der Waals surface area contributed by atoms with Crippen LogP contribution in [0, 0.1) is 0 Å². The molecule has 0 aromatic carbocycles. The van der Waals surface area contributed by atoms with E-state index in [0.29, 0.717) is 0 Å². The molecule has 4 heteroatoms. The molecule has 15 heavy (non-hydrogen) atoms. The molecule has 0 spiro atoms. The van der Waals surface area contributed by atoms with Crippen LogP contribution in [0.25, 0.3) is 0 Å². The van der Waals surface area contributed by atoms with E-state index in [1.165, 1.54) is 12.8 Å². The van der Waals surface area contributed by atoms with Gasteiger partial charge in [-0.2, -0.15) is 0 Å². The summed E-state index contributed by atoms with van der Waals surface area (Å²) in [6, 6.07) is 0. The topological polar surface area (TPSA) is 52.1 Å². The minimum atomic E-state index is 0.265.